The van der Waals surface area contributed by atoms with Crippen molar-refractivity contribution in [2.75, 3.05) is 19.4 Å². The maximum Gasteiger partial charge on any atom is 0.319 e. The normalized spacial score (nSPS) is 11.0. The summed E-state index contributed by atoms with van der Waals surface area (Å²) in [5, 5.41) is 11.2. The third-order valence-electron chi connectivity index (χ3n) is 3.69. The van der Waals surface area contributed by atoms with Crippen LogP contribution in [0.3, 0.4) is 0 Å². The molecule has 1 aromatic carbocycles. The predicted octanol–water partition coefficient (Wildman–Crippen LogP) is 2.35. The third kappa shape index (κ3) is 4.54. The van der Waals surface area contributed by atoms with Gasteiger partial charge in [-0.1, -0.05) is 12.1 Å². The topological polar surface area (TPSA) is 75.1 Å². The van der Waals surface area contributed by atoms with E-state index in [1.165, 1.54) is 0 Å². The van der Waals surface area contributed by atoms with Crippen LogP contribution >= 0.6 is 0 Å². The van der Waals surface area contributed by atoms with Crippen LogP contribution in [0.15, 0.2) is 42.7 Å². The molecule has 7 nitrogen and oxygen atoms in total. The van der Waals surface area contributed by atoms with Crippen molar-refractivity contribution < 1.29 is 4.79 Å². The zero-order valence-corrected chi connectivity index (χ0v) is 14.7. The van der Waals surface area contributed by atoms with Gasteiger partial charge in [0.05, 0.1) is 11.2 Å². The molecule has 0 saturated heterocycles. The second-order valence-corrected chi connectivity index (χ2v) is 6.28. The van der Waals surface area contributed by atoms with Gasteiger partial charge in [-0.3, -0.25) is 9.67 Å². The van der Waals surface area contributed by atoms with Crippen molar-refractivity contribution >= 4 is 22.6 Å². The van der Waals surface area contributed by atoms with Gasteiger partial charge in [0.1, 0.15) is 0 Å². The number of amides is 2. The summed E-state index contributed by atoms with van der Waals surface area (Å²) in [4.78, 5) is 18.4. The molecular weight excluding hydrogens is 316 g/mol. The van der Waals surface area contributed by atoms with Gasteiger partial charge in [0.2, 0.25) is 0 Å². The number of hydrogen-bond donors (Lipinski definition) is 2. The number of carbonyl (C=O) groups is 1. The Morgan fingerprint density at radius 1 is 1.24 bits per heavy atom. The lowest BCUT2D eigenvalue weighted by molar-refractivity contribution is 0.251. The molecule has 0 atom stereocenters. The van der Waals surface area contributed by atoms with E-state index in [0.717, 1.165) is 34.4 Å². The molecule has 0 aliphatic heterocycles. The van der Waals surface area contributed by atoms with E-state index in [1.807, 2.05) is 56.5 Å². The number of hydrogen-bond acceptors (Lipinski definition) is 4. The van der Waals surface area contributed by atoms with E-state index < -0.39 is 0 Å². The lowest BCUT2D eigenvalue weighted by Gasteiger charge is -2.11. The molecule has 0 radical (unpaired) electrons. The Bertz CT molecular complexity index is 886. The van der Waals surface area contributed by atoms with Crippen LogP contribution in [0.5, 0.6) is 0 Å². The molecule has 0 saturated carbocycles. The number of pyridine rings is 1. The minimum atomic E-state index is -0.247. The van der Waals surface area contributed by atoms with Crippen molar-refractivity contribution in [2.45, 2.75) is 13.1 Å². The molecule has 0 aliphatic rings. The lowest BCUT2D eigenvalue weighted by atomic mass is 10.2. The number of urea groups is 1. The van der Waals surface area contributed by atoms with E-state index in [0.29, 0.717) is 6.54 Å². The SMILES string of the molecule is CN(C)Cc1cc(NC(=O)NCc2ccc3cn(C)nc3c2)ccn1. The third-order valence-corrected chi connectivity index (χ3v) is 3.69. The molecule has 2 aromatic heterocycles. The molecule has 2 amide bonds. The first-order chi connectivity index (χ1) is 12.0. The number of aromatic nitrogens is 3. The van der Waals surface area contributed by atoms with Crippen LogP contribution in [-0.2, 0) is 20.1 Å². The number of aryl methyl sites for hydroxylation is 1. The summed E-state index contributed by atoms with van der Waals surface area (Å²) in [5.74, 6) is 0. The summed E-state index contributed by atoms with van der Waals surface area (Å²) in [6.07, 6.45) is 3.66. The van der Waals surface area contributed by atoms with Crippen molar-refractivity contribution in [1.82, 2.24) is 25.0 Å². The monoisotopic (exact) mass is 338 g/mol. The van der Waals surface area contributed by atoms with Gasteiger partial charge < -0.3 is 15.5 Å². The summed E-state index contributed by atoms with van der Waals surface area (Å²) in [6, 6.07) is 9.39. The van der Waals surface area contributed by atoms with E-state index in [9.17, 15) is 4.79 Å². The first-order valence-corrected chi connectivity index (χ1v) is 8.06. The molecule has 3 aromatic rings. The average molecular weight is 338 g/mol. The molecule has 0 fully saturated rings. The Kier molecular flexibility index (Phi) is 4.95. The molecule has 7 heteroatoms. The minimum absolute atomic E-state index is 0.247. The van der Waals surface area contributed by atoms with Gasteiger partial charge in [-0.05, 0) is 37.9 Å². The fourth-order valence-electron chi connectivity index (χ4n) is 2.62. The zero-order chi connectivity index (χ0) is 17.8. The Morgan fingerprint density at radius 3 is 2.88 bits per heavy atom. The Morgan fingerprint density at radius 2 is 2.08 bits per heavy atom. The maximum atomic E-state index is 12.1. The van der Waals surface area contributed by atoms with Crippen LogP contribution in [0.2, 0.25) is 0 Å². The van der Waals surface area contributed by atoms with Crippen LogP contribution in [0.4, 0.5) is 10.5 Å². The van der Waals surface area contributed by atoms with E-state index in [1.54, 1.807) is 16.9 Å². The second-order valence-electron chi connectivity index (χ2n) is 6.28. The first-order valence-electron chi connectivity index (χ1n) is 8.06. The molecule has 2 heterocycles. The number of nitrogens with zero attached hydrogens (tertiary/aromatic N) is 4. The van der Waals surface area contributed by atoms with Gasteiger partial charge in [0.15, 0.2) is 0 Å². The summed E-state index contributed by atoms with van der Waals surface area (Å²) >= 11 is 0. The van der Waals surface area contributed by atoms with Crippen molar-refractivity contribution in [3.05, 3.63) is 54.0 Å². The highest BCUT2D eigenvalue weighted by molar-refractivity contribution is 5.89. The highest BCUT2D eigenvalue weighted by atomic mass is 16.2. The Balaban J connectivity index is 1.58. The quantitative estimate of drug-likeness (QED) is 0.749. The number of carbonyl (C=O) groups excluding carboxylic acids is 1. The Labute approximate surface area is 146 Å². The predicted molar refractivity (Wildman–Crippen MR) is 98.2 cm³/mol. The van der Waals surface area contributed by atoms with Gasteiger partial charge in [0.25, 0.3) is 0 Å². The number of nitrogens with one attached hydrogen (secondary N) is 2. The zero-order valence-electron chi connectivity index (χ0n) is 14.7. The van der Waals surface area contributed by atoms with Crippen LogP contribution in [0.25, 0.3) is 10.9 Å². The first kappa shape index (κ1) is 16.9. The molecule has 0 spiro atoms. The van der Waals surface area contributed by atoms with Crippen LogP contribution < -0.4 is 10.6 Å². The van der Waals surface area contributed by atoms with Gasteiger partial charge in [-0.25, -0.2) is 4.79 Å². The van der Waals surface area contributed by atoms with Crippen LogP contribution in [0.1, 0.15) is 11.3 Å². The standard InChI is InChI=1S/C18H22N6O/c1-23(2)12-16-9-15(6-7-19-16)21-18(25)20-10-13-4-5-14-11-24(3)22-17(14)8-13/h4-9,11H,10,12H2,1-3H3,(H2,19,20,21,25). The second kappa shape index (κ2) is 7.31. The highest BCUT2D eigenvalue weighted by Crippen LogP contribution is 2.14. The molecule has 130 valence electrons. The average Bonchev–Trinajstić information content (AvgIpc) is 2.92. The number of rotatable bonds is 5. The van der Waals surface area contributed by atoms with Crippen molar-refractivity contribution in [3.8, 4) is 0 Å². The summed E-state index contributed by atoms with van der Waals surface area (Å²) in [6.45, 7) is 1.16. The number of anilines is 1. The van der Waals surface area contributed by atoms with E-state index in [-0.39, 0.29) is 6.03 Å². The Hall–Kier alpha value is -2.93. The maximum absolute atomic E-state index is 12.1. The fraction of sp³-hybridized carbons (Fsp3) is 0.278. The van der Waals surface area contributed by atoms with Crippen molar-refractivity contribution in [2.24, 2.45) is 7.05 Å². The van der Waals surface area contributed by atoms with E-state index in [4.69, 9.17) is 0 Å². The van der Waals surface area contributed by atoms with Crippen LogP contribution in [-0.4, -0.2) is 39.8 Å². The number of benzene rings is 1. The summed E-state index contributed by atoms with van der Waals surface area (Å²) in [5.41, 5.74) is 3.56. The van der Waals surface area contributed by atoms with Gasteiger partial charge in [-0.2, -0.15) is 5.10 Å². The number of fused-ring (bicyclic) bond motifs is 1. The van der Waals surface area contributed by atoms with Crippen molar-refractivity contribution in [3.63, 3.8) is 0 Å². The molecule has 0 unspecified atom stereocenters. The minimum Gasteiger partial charge on any atom is -0.334 e. The van der Waals surface area contributed by atoms with Crippen LogP contribution in [0, 0.1) is 0 Å². The fourth-order valence-corrected chi connectivity index (χ4v) is 2.62. The van der Waals surface area contributed by atoms with Gasteiger partial charge >= 0.3 is 6.03 Å². The molecule has 0 bridgehead atoms. The highest BCUT2D eigenvalue weighted by Gasteiger charge is 2.05. The van der Waals surface area contributed by atoms with E-state index >= 15 is 0 Å². The van der Waals surface area contributed by atoms with Gasteiger partial charge in [-0.15, -0.1) is 0 Å². The molecule has 3 rings (SSSR count). The van der Waals surface area contributed by atoms with E-state index in [2.05, 4.69) is 20.7 Å². The molecule has 2 N–H and O–H groups in total. The van der Waals surface area contributed by atoms with Crippen molar-refractivity contribution in [1.29, 1.82) is 0 Å². The summed E-state index contributed by atoms with van der Waals surface area (Å²) in [7, 11) is 5.85. The lowest BCUT2D eigenvalue weighted by Crippen LogP contribution is -2.28. The summed E-state index contributed by atoms with van der Waals surface area (Å²) < 4.78 is 1.78. The largest absolute Gasteiger partial charge is 0.334 e. The van der Waals surface area contributed by atoms with Gasteiger partial charge in [0, 0.05) is 43.6 Å². The molecule has 0 aliphatic carbocycles. The molecule has 25 heavy (non-hydrogen) atoms. The molecular formula is C18H22N6O. The smallest absolute Gasteiger partial charge is 0.319 e.